The molecule has 1 atom stereocenters. The van der Waals surface area contributed by atoms with Crippen LogP contribution in [0.4, 0.5) is 0 Å². The zero-order chi connectivity index (χ0) is 14.0. The second-order valence-corrected chi connectivity index (χ2v) is 6.58. The van der Waals surface area contributed by atoms with Gasteiger partial charge in [0.25, 0.3) is 0 Å². The third kappa shape index (κ3) is 2.85. The Morgan fingerprint density at radius 1 is 1.15 bits per heavy atom. The van der Waals surface area contributed by atoms with E-state index in [1.54, 1.807) is 0 Å². The predicted octanol–water partition coefficient (Wildman–Crippen LogP) is 0.309. The first kappa shape index (κ1) is 14.3. The summed E-state index contributed by atoms with van der Waals surface area (Å²) in [7, 11) is 0. The molecule has 5 nitrogen and oxygen atoms in total. The second kappa shape index (κ2) is 6.00. The summed E-state index contributed by atoms with van der Waals surface area (Å²) in [6.45, 7) is 9.51. The van der Waals surface area contributed by atoms with Crippen LogP contribution in [0.3, 0.4) is 0 Å². The summed E-state index contributed by atoms with van der Waals surface area (Å²) in [5.41, 5.74) is 0.485. The Labute approximate surface area is 121 Å². The van der Waals surface area contributed by atoms with E-state index >= 15 is 0 Å². The highest BCUT2D eigenvalue weighted by molar-refractivity contribution is 5.81. The van der Waals surface area contributed by atoms with Gasteiger partial charge in [-0.1, -0.05) is 0 Å². The van der Waals surface area contributed by atoms with Crippen molar-refractivity contribution >= 4 is 5.91 Å². The summed E-state index contributed by atoms with van der Waals surface area (Å²) in [6, 6.07) is 0.00894. The minimum atomic E-state index is 0.00894. The van der Waals surface area contributed by atoms with Crippen LogP contribution in [0.1, 0.15) is 26.2 Å². The summed E-state index contributed by atoms with van der Waals surface area (Å²) < 4.78 is 5.36. The Hall–Kier alpha value is -0.650. The van der Waals surface area contributed by atoms with Gasteiger partial charge in [-0.25, -0.2) is 0 Å². The topological polar surface area (TPSA) is 44.8 Å². The number of likely N-dealkylation sites (tertiary alicyclic amines) is 1. The number of nitrogens with one attached hydrogen (secondary N) is 1. The molecule has 1 unspecified atom stereocenters. The maximum Gasteiger partial charge on any atom is 0.239 e. The largest absolute Gasteiger partial charge is 0.379 e. The molecule has 0 radical (unpaired) electrons. The SMILES string of the molecule is CC(C(=O)N1CCC2(CCNC2)CC1)N1CCOCC1. The minimum Gasteiger partial charge on any atom is -0.379 e. The van der Waals surface area contributed by atoms with Gasteiger partial charge in [0.05, 0.1) is 19.3 Å². The summed E-state index contributed by atoms with van der Waals surface area (Å²) in [5, 5.41) is 3.48. The molecule has 1 N–H and O–H groups in total. The summed E-state index contributed by atoms with van der Waals surface area (Å²) in [6.07, 6.45) is 3.62. The van der Waals surface area contributed by atoms with Crippen LogP contribution in [-0.2, 0) is 9.53 Å². The van der Waals surface area contributed by atoms with Crippen LogP contribution in [-0.4, -0.2) is 74.2 Å². The number of carbonyl (C=O) groups excluding carboxylic acids is 1. The van der Waals surface area contributed by atoms with Gasteiger partial charge < -0.3 is 15.0 Å². The van der Waals surface area contributed by atoms with E-state index in [2.05, 4.69) is 22.0 Å². The van der Waals surface area contributed by atoms with E-state index in [1.807, 2.05) is 0 Å². The molecule has 114 valence electrons. The molecule has 0 bridgehead atoms. The van der Waals surface area contributed by atoms with E-state index in [9.17, 15) is 4.79 Å². The van der Waals surface area contributed by atoms with Crippen molar-refractivity contribution in [2.24, 2.45) is 5.41 Å². The van der Waals surface area contributed by atoms with Crippen molar-refractivity contribution in [1.29, 1.82) is 0 Å². The Kier molecular flexibility index (Phi) is 4.29. The number of hydrogen-bond acceptors (Lipinski definition) is 4. The molecule has 1 amide bonds. The van der Waals surface area contributed by atoms with Crippen LogP contribution in [0.15, 0.2) is 0 Å². The van der Waals surface area contributed by atoms with Gasteiger partial charge in [0.2, 0.25) is 5.91 Å². The minimum absolute atomic E-state index is 0.00894. The summed E-state index contributed by atoms with van der Waals surface area (Å²) in [5.74, 6) is 0.313. The fourth-order valence-corrected chi connectivity index (χ4v) is 3.81. The molecule has 3 fully saturated rings. The molecular formula is C15H27N3O2. The molecule has 0 aliphatic carbocycles. The van der Waals surface area contributed by atoms with Gasteiger partial charge >= 0.3 is 0 Å². The highest BCUT2D eigenvalue weighted by Crippen LogP contribution is 2.37. The van der Waals surface area contributed by atoms with Gasteiger partial charge in [0.15, 0.2) is 0 Å². The lowest BCUT2D eigenvalue weighted by Crippen LogP contribution is -2.53. The zero-order valence-corrected chi connectivity index (χ0v) is 12.6. The van der Waals surface area contributed by atoms with Crippen molar-refractivity contribution in [3.8, 4) is 0 Å². The maximum atomic E-state index is 12.6. The number of rotatable bonds is 2. The normalized spacial score (nSPS) is 28.8. The van der Waals surface area contributed by atoms with Crippen LogP contribution >= 0.6 is 0 Å². The van der Waals surface area contributed by atoms with E-state index in [0.29, 0.717) is 11.3 Å². The third-order valence-corrected chi connectivity index (χ3v) is 5.42. The molecule has 5 heteroatoms. The van der Waals surface area contributed by atoms with Crippen LogP contribution in [0, 0.1) is 5.41 Å². The Balaban J connectivity index is 1.52. The molecule has 0 aromatic carbocycles. The summed E-state index contributed by atoms with van der Waals surface area (Å²) >= 11 is 0. The number of nitrogens with zero attached hydrogens (tertiary/aromatic N) is 2. The molecular weight excluding hydrogens is 254 g/mol. The highest BCUT2D eigenvalue weighted by atomic mass is 16.5. The van der Waals surface area contributed by atoms with Crippen molar-refractivity contribution in [2.75, 3.05) is 52.5 Å². The molecule has 3 saturated heterocycles. The molecule has 3 rings (SSSR count). The lowest BCUT2D eigenvalue weighted by atomic mass is 9.78. The smallest absolute Gasteiger partial charge is 0.239 e. The quantitative estimate of drug-likeness (QED) is 0.791. The van der Waals surface area contributed by atoms with E-state index in [4.69, 9.17) is 4.74 Å². The van der Waals surface area contributed by atoms with Gasteiger partial charge in [-0.05, 0) is 38.1 Å². The number of amides is 1. The van der Waals surface area contributed by atoms with Crippen molar-refractivity contribution < 1.29 is 9.53 Å². The number of carbonyl (C=O) groups is 1. The summed E-state index contributed by atoms with van der Waals surface area (Å²) in [4.78, 5) is 17.0. The Morgan fingerprint density at radius 3 is 2.45 bits per heavy atom. The molecule has 3 aliphatic heterocycles. The van der Waals surface area contributed by atoms with Gasteiger partial charge in [0, 0.05) is 32.7 Å². The average Bonchev–Trinajstić information content (AvgIpc) is 2.96. The maximum absolute atomic E-state index is 12.6. The fourth-order valence-electron chi connectivity index (χ4n) is 3.81. The second-order valence-electron chi connectivity index (χ2n) is 6.58. The van der Waals surface area contributed by atoms with Crippen LogP contribution in [0.25, 0.3) is 0 Å². The fraction of sp³-hybridized carbons (Fsp3) is 0.933. The number of hydrogen-bond donors (Lipinski definition) is 1. The molecule has 0 aromatic heterocycles. The van der Waals surface area contributed by atoms with E-state index in [1.165, 1.54) is 19.3 Å². The van der Waals surface area contributed by atoms with Gasteiger partial charge in [-0.3, -0.25) is 9.69 Å². The van der Waals surface area contributed by atoms with Crippen LogP contribution in [0.5, 0.6) is 0 Å². The van der Waals surface area contributed by atoms with E-state index < -0.39 is 0 Å². The number of piperidine rings is 1. The molecule has 3 aliphatic rings. The first-order valence-electron chi connectivity index (χ1n) is 8.02. The average molecular weight is 281 g/mol. The molecule has 20 heavy (non-hydrogen) atoms. The zero-order valence-electron chi connectivity index (χ0n) is 12.6. The predicted molar refractivity (Wildman–Crippen MR) is 77.6 cm³/mol. The van der Waals surface area contributed by atoms with Crippen molar-refractivity contribution in [1.82, 2.24) is 15.1 Å². The molecule has 0 aromatic rings. The Bertz CT molecular complexity index is 339. The molecule has 1 spiro atoms. The van der Waals surface area contributed by atoms with Gasteiger partial charge in [-0.2, -0.15) is 0 Å². The Morgan fingerprint density at radius 2 is 1.85 bits per heavy atom. The number of ether oxygens (including phenoxy) is 1. The van der Waals surface area contributed by atoms with Gasteiger partial charge in [-0.15, -0.1) is 0 Å². The van der Waals surface area contributed by atoms with Gasteiger partial charge in [0.1, 0.15) is 0 Å². The lowest BCUT2D eigenvalue weighted by Gasteiger charge is -2.41. The number of morpholine rings is 1. The molecule has 3 heterocycles. The monoisotopic (exact) mass is 281 g/mol. The van der Waals surface area contributed by atoms with E-state index in [-0.39, 0.29) is 6.04 Å². The van der Waals surface area contributed by atoms with Crippen LogP contribution < -0.4 is 5.32 Å². The third-order valence-electron chi connectivity index (χ3n) is 5.42. The van der Waals surface area contributed by atoms with Crippen molar-refractivity contribution in [3.05, 3.63) is 0 Å². The standard InChI is InChI=1S/C15H27N3O2/c1-13(17-8-10-20-11-9-17)14(19)18-6-3-15(4-7-18)2-5-16-12-15/h13,16H,2-12H2,1H3. The van der Waals surface area contributed by atoms with Crippen molar-refractivity contribution in [2.45, 2.75) is 32.2 Å². The van der Waals surface area contributed by atoms with Crippen molar-refractivity contribution in [3.63, 3.8) is 0 Å². The lowest BCUT2D eigenvalue weighted by molar-refractivity contribution is -0.140. The van der Waals surface area contributed by atoms with Crippen LogP contribution in [0.2, 0.25) is 0 Å². The first-order chi connectivity index (χ1) is 9.70. The molecule has 0 saturated carbocycles. The first-order valence-corrected chi connectivity index (χ1v) is 8.02. The highest BCUT2D eigenvalue weighted by Gasteiger charge is 2.39. The van der Waals surface area contributed by atoms with E-state index in [0.717, 1.165) is 52.5 Å².